The Balaban J connectivity index is 3.27. The zero-order valence-electron chi connectivity index (χ0n) is 54.6. The van der Waals surface area contributed by atoms with Gasteiger partial charge < -0.3 is 20.3 Å². The average Bonchev–Trinajstić information content (AvgIpc) is 3.46. The van der Waals surface area contributed by atoms with E-state index in [1.165, 1.54) is 353 Å². The van der Waals surface area contributed by atoms with Crippen LogP contribution < -0.4 is 5.32 Å². The van der Waals surface area contributed by atoms with E-state index in [1.807, 2.05) is 0 Å². The molecule has 0 aliphatic rings. The molecule has 0 saturated carbocycles. The van der Waals surface area contributed by atoms with E-state index in [1.54, 1.807) is 0 Å². The number of unbranched alkanes of at least 4 members (excludes halogenated alkanes) is 57. The Morgan fingerprint density at radius 2 is 0.588 bits per heavy atom. The number of allylic oxidation sites excluding steroid dienone is 2. The Hall–Kier alpha value is -1.40. The fraction of sp³-hybridized carbons (Fsp3) is 0.946. The van der Waals surface area contributed by atoms with Crippen molar-refractivity contribution in [3.63, 3.8) is 0 Å². The molecule has 0 radical (unpaired) electrons. The first kappa shape index (κ1) is 78.6. The molecule has 0 spiro atoms. The van der Waals surface area contributed by atoms with Crippen molar-refractivity contribution in [2.45, 2.75) is 437 Å². The molecule has 6 nitrogen and oxygen atoms in total. The number of aliphatic hydroxyl groups is 2. The first-order valence-corrected chi connectivity index (χ1v) is 36.9. The van der Waals surface area contributed by atoms with Gasteiger partial charge in [0, 0.05) is 12.8 Å². The van der Waals surface area contributed by atoms with Crippen molar-refractivity contribution < 1.29 is 24.5 Å². The largest absolute Gasteiger partial charge is 0.466 e. The van der Waals surface area contributed by atoms with Crippen LogP contribution in [-0.2, 0) is 14.3 Å². The van der Waals surface area contributed by atoms with Crippen molar-refractivity contribution in [1.82, 2.24) is 5.32 Å². The second-order valence-corrected chi connectivity index (χ2v) is 25.6. The lowest BCUT2D eigenvalue weighted by Gasteiger charge is -2.22. The summed E-state index contributed by atoms with van der Waals surface area (Å²) in [6.07, 6.45) is 87.3. The van der Waals surface area contributed by atoms with Gasteiger partial charge in [0.1, 0.15) is 0 Å². The van der Waals surface area contributed by atoms with Gasteiger partial charge in [0.25, 0.3) is 0 Å². The number of hydrogen-bond acceptors (Lipinski definition) is 5. The fourth-order valence-electron chi connectivity index (χ4n) is 11.9. The molecule has 80 heavy (non-hydrogen) atoms. The van der Waals surface area contributed by atoms with Gasteiger partial charge >= 0.3 is 5.97 Å². The second kappa shape index (κ2) is 70.1. The third-order valence-corrected chi connectivity index (χ3v) is 17.6. The lowest BCUT2D eigenvalue weighted by molar-refractivity contribution is -0.143. The van der Waals surface area contributed by atoms with Crippen LogP contribution in [0.25, 0.3) is 0 Å². The zero-order valence-corrected chi connectivity index (χ0v) is 54.6. The van der Waals surface area contributed by atoms with Crippen LogP contribution in [0.5, 0.6) is 0 Å². The van der Waals surface area contributed by atoms with Gasteiger partial charge in [-0.15, -0.1) is 0 Å². The summed E-state index contributed by atoms with van der Waals surface area (Å²) in [4.78, 5) is 24.6. The molecule has 0 aromatic carbocycles. The van der Waals surface area contributed by atoms with Crippen molar-refractivity contribution in [2.24, 2.45) is 0 Å². The number of rotatable bonds is 70. The van der Waals surface area contributed by atoms with E-state index < -0.39 is 12.1 Å². The van der Waals surface area contributed by atoms with E-state index >= 15 is 0 Å². The Labute approximate surface area is 501 Å². The van der Waals surface area contributed by atoms with Crippen LogP contribution in [0.3, 0.4) is 0 Å². The molecule has 0 aliphatic carbocycles. The Morgan fingerprint density at radius 1 is 0.338 bits per heavy atom. The molecule has 2 unspecified atom stereocenters. The standard InChI is InChI=1S/C74H145NO5/c1-3-5-7-9-11-13-15-16-17-18-39-42-45-48-52-56-60-64-68-74(79)80-69-65-61-57-53-49-46-43-40-37-35-33-31-29-27-25-23-21-19-20-22-24-26-28-30-32-34-36-38-41-44-47-51-55-59-63-67-73(78)75-71(70-76)72(77)66-62-58-54-50-14-12-10-8-6-4-2/h17-18,71-72,76-77H,3-16,19-70H2,1-2H3,(H,75,78)/b18-17-. The molecule has 0 aromatic rings. The van der Waals surface area contributed by atoms with Gasteiger partial charge in [0.2, 0.25) is 5.91 Å². The summed E-state index contributed by atoms with van der Waals surface area (Å²) >= 11 is 0. The molecule has 2 atom stereocenters. The summed E-state index contributed by atoms with van der Waals surface area (Å²) in [5.41, 5.74) is 0. The van der Waals surface area contributed by atoms with Crippen LogP contribution in [0.15, 0.2) is 12.2 Å². The monoisotopic (exact) mass is 1130 g/mol. The molecule has 3 N–H and O–H groups in total. The summed E-state index contributed by atoms with van der Waals surface area (Å²) in [7, 11) is 0. The first-order valence-electron chi connectivity index (χ1n) is 36.9. The lowest BCUT2D eigenvalue weighted by atomic mass is 10.0. The molecule has 0 aromatic heterocycles. The minimum Gasteiger partial charge on any atom is -0.466 e. The van der Waals surface area contributed by atoms with Gasteiger partial charge in [0.05, 0.1) is 25.4 Å². The smallest absolute Gasteiger partial charge is 0.305 e. The van der Waals surface area contributed by atoms with Crippen molar-refractivity contribution in [3.05, 3.63) is 12.2 Å². The minimum atomic E-state index is -0.658. The molecular weight excluding hydrogens is 983 g/mol. The quantitative estimate of drug-likeness (QED) is 0.0320. The maximum Gasteiger partial charge on any atom is 0.305 e. The number of carbonyl (C=O) groups is 2. The SMILES string of the molecule is CCCCCCCCC/C=C\CCCCCCCCCC(=O)OCCCCCCCCCCCCCCCCCCCCCCCCCCCCCCCCCCCCCC(=O)NC(CO)C(O)CCCCCCCCCCCC. The molecule has 0 saturated heterocycles. The van der Waals surface area contributed by atoms with Gasteiger partial charge in [-0.1, -0.05) is 373 Å². The Morgan fingerprint density at radius 3 is 0.887 bits per heavy atom. The highest BCUT2D eigenvalue weighted by Gasteiger charge is 2.20. The van der Waals surface area contributed by atoms with E-state index in [2.05, 4.69) is 31.3 Å². The summed E-state index contributed by atoms with van der Waals surface area (Å²) < 4.78 is 5.51. The third-order valence-electron chi connectivity index (χ3n) is 17.6. The van der Waals surface area contributed by atoms with Crippen LogP contribution in [0.1, 0.15) is 425 Å². The summed E-state index contributed by atoms with van der Waals surface area (Å²) in [5.74, 6) is -0.00835. The predicted molar refractivity (Wildman–Crippen MR) is 352 cm³/mol. The number of nitrogens with one attached hydrogen (secondary N) is 1. The lowest BCUT2D eigenvalue weighted by Crippen LogP contribution is -2.45. The van der Waals surface area contributed by atoms with Crippen molar-refractivity contribution >= 4 is 11.9 Å². The molecule has 1 amide bonds. The summed E-state index contributed by atoms with van der Waals surface area (Å²) in [6, 6.07) is -0.535. The molecule has 0 aliphatic heterocycles. The van der Waals surface area contributed by atoms with Gasteiger partial charge in [-0.25, -0.2) is 0 Å². The van der Waals surface area contributed by atoms with E-state index in [0.717, 1.165) is 38.5 Å². The number of carbonyl (C=O) groups excluding carboxylic acids is 2. The summed E-state index contributed by atoms with van der Waals surface area (Å²) in [5, 5.41) is 23.2. The second-order valence-electron chi connectivity index (χ2n) is 25.6. The van der Waals surface area contributed by atoms with Gasteiger partial charge in [-0.3, -0.25) is 9.59 Å². The minimum absolute atomic E-state index is 0.0206. The van der Waals surface area contributed by atoms with Crippen LogP contribution >= 0.6 is 0 Å². The number of esters is 1. The van der Waals surface area contributed by atoms with E-state index in [0.29, 0.717) is 25.9 Å². The first-order chi connectivity index (χ1) is 39.5. The Bertz CT molecular complexity index is 1210. The van der Waals surface area contributed by atoms with Crippen LogP contribution in [0.4, 0.5) is 0 Å². The van der Waals surface area contributed by atoms with Crippen LogP contribution in [0.2, 0.25) is 0 Å². The topological polar surface area (TPSA) is 95.9 Å². The number of amides is 1. The van der Waals surface area contributed by atoms with Crippen LogP contribution in [-0.4, -0.2) is 47.4 Å². The highest BCUT2D eigenvalue weighted by atomic mass is 16.5. The van der Waals surface area contributed by atoms with Crippen LogP contribution in [0, 0.1) is 0 Å². The van der Waals surface area contributed by atoms with E-state index in [-0.39, 0.29) is 18.5 Å². The predicted octanol–water partition coefficient (Wildman–Crippen LogP) is 23.9. The molecular formula is C74H145NO5. The highest BCUT2D eigenvalue weighted by Crippen LogP contribution is 2.20. The molecule has 0 rings (SSSR count). The molecule has 0 bridgehead atoms. The van der Waals surface area contributed by atoms with Crippen molar-refractivity contribution in [3.8, 4) is 0 Å². The van der Waals surface area contributed by atoms with Crippen molar-refractivity contribution in [1.29, 1.82) is 0 Å². The van der Waals surface area contributed by atoms with E-state index in [9.17, 15) is 19.8 Å². The van der Waals surface area contributed by atoms with Crippen molar-refractivity contribution in [2.75, 3.05) is 13.2 Å². The normalized spacial score (nSPS) is 12.5. The maximum atomic E-state index is 12.5. The molecule has 6 heteroatoms. The van der Waals surface area contributed by atoms with E-state index in [4.69, 9.17) is 4.74 Å². The number of ether oxygens (including phenoxy) is 1. The molecule has 476 valence electrons. The fourth-order valence-corrected chi connectivity index (χ4v) is 11.9. The molecule has 0 fully saturated rings. The third kappa shape index (κ3) is 65.7. The molecule has 0 heterocycles. The van der Waals surface area contributed by atoms with Gasteiger partial charge in [-0.05, 0) is 51.4 Å². The highest BCUT2D eigenvalue weighted by molar-refractivity contribution is 5.76. The number of aliphatic hydroxyl groups excluding tert-OH is 2. The average molecular weight is 1130 g/mol. The van der Waals surface area contributed by atoms with Gasteiger partial charge in [0.15, 0.2) is 0 Å². The maximum absolute atomic E-state index is 12.5. The summed E-state index contributed by atoms with van der Waals surface area (Å²) in [6.45, 7) is 4.97. The number of hydrogen-bond donors (Lipinski definition) is 3. The van der Waals surface area contributed by atoms with Gasteiger partial charge in [-0.2, -0.15) is 0 Å². The Kier molecular flexibility index (Phi) is 68.9. The zero-order chi connectivity index (χ0) is 57.8.